The molecule has 1 rings (SSSR count). The molecule has 0 aliphatic carbocycles. The van der Waals surface area contributed by atoms with Gasteiger partial charge in [0.05, 0.1) is 5.02 Å². The van der Waals surface area contributed by atoms with Gasteiger partial charge in [0, 0.05) is 4.47 Å². The maximum absolute atomic E-state index is 13.4. The van der Waals surface area contributed by atoms with Crippen LogP contribution in [0.25, 0.3) is 0 Å². The summed E-state index contributed by atoms with van der Waals surface area (Å²) >= 11 is 14.4. The van der Waals surface area contributed by atoms with Crippen molar-refractivity contribution in [3.05, 3.63) is 26.4 Å². The number of nitrogens with zero attached hydrogens (tertiary/aromatic N) is 2. The normalized spacial score (nSPS) is 11.4. The number of aliphatic imine (C=N–C) groups is 2. The fourth-order valence-corrected chi connectivity index (χ4v) is 2.19. The van der Waals surface area contributed by atoms with E-state index in [0.717, 1.165) is 0 Å². The Kier molecular flexibility index (Phi) is 4.55. The minimum absolute atomic E-state index is 0.0519. The van der Waals surface area contributed by atoms with Crippen molar-refractivity contribution in [2.45, 2.75) is 0 Å². The molecule has 1 aromatic rings. The van der Waals surface area contributed by atoms with Crippen LogP contribution in [0, 0.1) is 5.82 Å². The molecule has 5 nitrogen and oxygen atoms in total. The molecular weight excluding hydrogens is 336 g/mol. The molecule has 0 atom stereocenters. The van der Waals surface area contributed by atoms with E-state index in [4.69, 9.17) is 40.4 Å². The van der Waals surface area contributed by atoms with Crippen molar-refractivity contribution in [2.24, 2.45) is 27.2 Å². The summed E-state index contributed by atoms with van der Waals surface area (Å²) in [7, 11) is 0. The van der Waals surface area contributed by atoms with E-state index in [2.05, 4.69) is 25.9 Å². The molecular formula is C8H7BrCl2FN5. The van der Waals surface area contributed by atoms with Crippen molar-refractivity contribution in [3.8, 4) is 0 Å². The largest absolute Gasteiger partial charge is 0.370 e. The number of hydrogen-bond acceptors (Lipinski definition) is 1. The summed E-state index contributed by atoms with van der Waals surface area (Å²) in [6.07, 6.45) is 0. The van der Waals surface area contributed by atoms with E-state index in [-0.39, 0.29) is 27.7 Å². The first-order valence-corrected chi connectivity index (χ1v) is 5.64. The number of nitrogens with two attached hydrogens (primary N) is 3. The molecule has 1 aromatic carbocycles. The lowest BCUT2D eigenvalue weighted by atomic mass is 10.3. The van der Waals surface area contributed by atoms with Crippen LogP contribution < -0.4 is 17.2 Å². The Morgan fingerprint density at radius 1 is 1.29 bits per heavy atom. The van der Waals surface area contributed by atoms with Crippen LogP contribution >= 0.6 is 39.1 Å². The number of hydrogen-bond donors (Lipinski definition) is 3. The predicted octanol–water partition coefficient (Wildman–Crippen LogP) is 2.11. The average Bonchev–Trinajstić information content (AvgIpc) is 2.20. The van der Waals surface area contributed by atoms with Gasteiger partial charge in [0.1, 0.15) is 10.7 Å². The highest BCUT2D eigenvalue weighted by Gasteiger charge is 2.14. The van der Waals surface area contributed by atoms with Crippen LogP contribution in [0.2, 0.25) is 10.0 Å². The van der Waals surface area contributed by atoms with Gasteiger partial charge in [0.2, 0.25) is 5.96 Å². The molecule has 17 heavy (non-hydrogen) atoms. The van der Waals surface area contributed by atoms with E-state index in [1.165, 1.54) is 6.07 Å². The topological polar surface area (TPSA) is 103 Å². The van der Waals surface area contributed by atoms with Crippen molar-refractivity contribution in [1.29, 1.82) is 0 Å². The lowest BCUT2D eigenvalue weighted by Crippen LogP contribution is -2.26. The SMILES string of the molecule is NC(N)=NC(N)=Nc1c(Br)cc(Cl)c(F)c1Cl. The second-order valence-corrected chi connectivity index (χ2v) is 4.46. The first-order valence-electron chi connectivity index (χ1n) is 4.09. The summed E-state index contributed by atoms with van der Waals surface area (Å²) in [6.45, 7) is 0. The summed E-state index contributed by atoms with van der Waals surface area (Å²) in [4.78, 5) is 7.24. The number of guanidine groups is 2. The van der Waals surface area contributed by atoms with Crippen LogP contribution in [-0.2, 0) is 0 Å². The van der Waals surface area contributed by atoms with Gasteiger partial charge in [-0.2, -0.15) is 4.99 Å². The highest BCUT2D eigenvalue weighted by Crippen LogP contribution is 2.38. The van der Waals surface area contributed by atoms with Crippen LogP contribution in [0.15, 0.2) is 20.5 Å². The molecule has 0 bridgehead atoms. The monoisotopic (exact) mass is 341 g/mol. The Balaban J connectivity index is 3.34. The predicted molar refractivity (Wildman–Crippen MR) is 71.2 cm³/mol. The first kappa shape index (κ1) is 14.0. The Labute approximate surface area is 115 Å². The van der Waals surface area contributed by atoms with Crippen molar-refractivity contribution < 1.29 is 4.39 Å². The van der Waals surface area contributed by atoms with Gasteiger partial charge < -0.3 is 17.2 Å². The molecule has 9 heteroatoms. The average molecular weight is 343 g/mol. The van der Waals surface area contributed by atoms with Gasteiger partial charge in [-0.05, 0) is 22.0 Å². The van der Waals surface area contributed by atoms with Gasteiger partial charge in [-0.25, -0.2) is 9.38 Å². The lowest BCUT2D eigenvalue weighted by Gasteiger charge is -2.05. The second kappa shape index (κ2) is 5.52. The number of halogens is 4. The van der Waals surface area contributed by atoms with E-state index in [9.17, 15) is 4.39 Å². The summed E-state index contributed by atoms with van der Waals surface area (Å²) in [6, 6.07) is 1.30. The molecule has 6 N–H and O–H groups in total. The fraction of sp³-hybridized carbons (Fsp3) is 0. The van der Waals surface area contributed by atoms with Crippen molar-refractivity contribution in [3.63, 3.8) is 0 Å². The maximum atomic E-state index is 13.4. The molecule has 0 saturated heterocycles. The summed E-state index contributed by atoms with van der Waals surface area (Å²) in [5.74, 6) is -1.32. The zero-order valence-electron chi connectivity index (χ0n) is 8.22. The zero-order chi connectivity index (χ0) is 13.2. The molecule has 0 aliphatic heterocycles. The summed E-state index contributed by atoms with van der Waals surface area (Å²) < 4.78 is 13.8. The van der Waals surface area contributed by atoms with Gasteiger partial charge in [0.15, 0.2) is 11.8 Å². The molecule has 0 heterocycles. The van der Waals surface area contributed by atoms with Crippen LogP contribution in [0.4, 0.5) is 10.1 Å². The Bertz CT molecular complexity index is 513. The van der Waals surface area contributed by atoms with Crippen LogP contribution in [0.5, 0.6) is 0 Å². The van der Waals surface area contributed by atoms with E-state index >= 15 is 0 Å². The Morgan fingerprint density at radius 2 is 1.88 bits per heavy atom. The highest BCUT2D eigenvalue weighted by molar-refractivity contribution is 9.10. The third kappa shape index (κ3) is 3.45. The number of benzene rings is 1. The van der Waals surface area contributed by atoms with Gasteiger partial charge >= 0.3 is 0 Å². The smallest absolute Gasteiger partial charge is 0.223 e. The molecule has 0 aliphatic rings. The van der Waals surface area contributed by atoms with Gasteiger partial charge in [-0.15, -0.1) is 0 Å². The quantitative estimate of drug-likeness (QED) is 0.315. The minimum Gasteiger partial charge on any atom is -0.370 e. The van der Waals surface area contributed by atoms with E-state index in [1.54, 1.807) is 0 Å². The fourth-order valence-electron chi connectivity index (χ4n) is 0.931. The van der Waals surface area contributed by atoms with Crippen molar-refractivity contribution in [2.75, 3.05) is 0 Å². The second-order valence-electron chi connectivity index (χ2n) is 2.82. The molecule has 0 spiro atoms. The van der Waals surface area contributed by atoms with Crippen LogP contribution in [0.3, 0.4) is 0 Å². The summed E-state index contributed by atoms with van der Waals surface area (Å²) in [5, 5.41) is -0.417. The molecule has 0 amide bonds. The molecule has 0 saturated carbocycles. The minimum atomic E-state index is -0.798. The highest BCUT2D eigenvalue weighted by atomic mass is 79.9. The summed E-state index contributed by atoms with van der Waals surface area (Å²) in [5.41, 5.74) is 15.7. The Hall–Kier alpha value is -1.05. The van der Waals surface area contributed by atoms with E-state index in [0.29, 0.717) is 4.47 Å². The van der Waals surface area contributed by atoms with Crippen molar-refractivity contribution >= 4 is 56.7 Å². The molecule has 0 fully saturated rings. The maximum Gasteiger partial charge on any atom is 0.223 e. The molecule has 0 unspecified atom stereocenters. The van der Waals surface area contributed by atoms with Crippen LogP contribution in [-0.4, -0.2) is 11.9 Å². The standard InChI is InChI=1S/C8H7BrCl2FN5/c9-2-1-3(10)5(12)4(11)6(2)16-8(15)17-7(13)14/h1H,(H6,13,14,15,16,17). The lowest BCUT2D eigenvalue weighted by molar-refractivity contribution is 0.629. The van der Waals surface area contributed by atoms with Gasteiger partial charge in [0.25, 0.3) is 0 Å². The molecule has 92 valence electrons. The third-order valence-electron chi connectivity index (χ3n) is 1.56. The molecule has 0 radical (unpaired) electrons. The van der Waals surface area contributed by atoms with Crippen molar-refractivity contribution in [1.82, 2.24) is 0 Å². The first-order chi connectivity index (χ1) is 7.82. The molecule has 0 aromatic heterocycles. The Morgan fingerprint density at radius 3 is 2.41 bits per heavy atom. The van der Waals surface area contributed by atoms with Crippen LogP contribution in [0.1, 0.15) is 0 Å². The number of rotatable bonds is 1. The van der Waals surface area contributed by atoms with E-state index in [1.807, 2.05) is 0 Å². The van der Waals surface area contributed by atoms with Gasteiger partial charge in [-0.1, -0.05) is 23.2 Å². The van der Waals surface area contributed by atoms with Gasteiger partial charge in [-0.3, -0.25) is 0 Å². The van der Waals surface area contributed by atoms with E-state index < -0.39 is 5.82 Å². The zero-order valence-corrected chi connectivity index (χ0v) is 11.3. The third-order valence-corrected chi connectivity index (χ3v) is 2.78.